The van der Waals surface area contributed by atoms with Gasteiger partial charge in [-0.2, -0.15) is 23.2 Å². The van der Waals surface area contributed by atoms with Crippen LogP contribution in [0, 0.1) is 0 Å². The smallest absolute Gasteiger partial charge is 0.662 e. The second kappa shape index (κ2) is 12.6. The second-order valence-corrected chi connectivity index (χ2v) is 7.34. The maximum Gasteiger partial charge on any atom is 2.00 e. The molecule has 1 aromatic heterocycles. The van der Waals surface area contributed by atoms with Crippen LogP contribution in [-0.4, -0.2) is 51.9 Å². The Hall–Kier alpha value is -2.38. The van der Waals surface area contributed by atoms with Crippen molar-refractivity contribution in [3.63, 3.8) is 0 Å². The number of carbonyl (C=O) groups is 1. The van der Waals surface area contributed by atoms with Crippen LogP contribution in [0.2, 0.25) is 0 Å². The Bertz CT molecular complexity index is 987. The summed E-state index contributed by atoms with van der Waals surface area (Å²) in [5.41, 5.74) is 2.19. The number of hydrogen-bond acceptors (Lipinski definition) is 5. The standard InChI is InChI=1S/C20H22N5O2.C3H6N.W/c1-14(19-22-20(24(2)23-19)25(21)11-12-26)16-9-6-10-17(13-16)18(27)15-7-4-3-5-8-15;1-2-4-3-1;/h3-10,13-14,21,26H,11-12H2,1-2H3;1-3H2;/q2*-1;+2. The van der Waals surface area contributed by atoms with E-state index in [1.165, 1.54) is 11.1 Å². The Kier molecular flexibility index (Phi) is 10.2. The van der Waals surface area contributed by atoms with E-state index >= 15 is 0 Å². The summed E-state index contributed by atoms with van der Waals surface area (Å²) in [6, 6.07) is 16.6. The van der Waals surface area contributed by atoms with Crippen LogP contribution in [-0.2, 0) is 28.1 Å². The molecular weight excluding hydrogens is 576 g/mol. The summed E-state index contributed by atoms with van der Waals surface area (Å²) in [4.78, 5) is 17.1. The van der Waals surface area contributed by atoms with Gasteiger partial charge in [0, 0.05) is 30.6 Å². The first-order chi connectivity index (χ1) is 15.0. The molecule has 1 unspecified atom stereocenters. The third kappa shape index (κ3) is 6.56. The maximum atomic E-state index is 12.7. The Morgan fingerprint density at radius 2 is 1.81 bits per heavy atom. The minimum atomic E-state index is -0.143. The Morgan fingerprint density at radius 1 is 1.19 bits per heavy atom. The predicted octanol–water partition coefficient (Wildman–Crippen LogP) is 3.73. The zero-order valence-electron chi connectivity index (χ0n) is 18.3. The molecular formula is C23H28N6O2W. The summed E-state index contributed by atoms with van der Waals surface area (Å²) in [6.07, 6.45) is 1.33. The molecule has 2 heterocycles. The summed E-state index contributed by atoms with van der Waals surface area (Å²) in [5.74, 6) is 8.66. The van der Waals surface area contributed by atoms with Crippen LogP contribution in [0.4, 0.5) is 5.95 Å². The molecule has 1 aliphatic heterocycles. The Morgan fingerprint density at radius 3 is 2.41 bits per heavy atom. The van der Waals surface area contributed by atoms with E-state index in [-0.39, 0.29) is 45.9 Å². The number of nitrogens with one attached hydrogen (secondary N) is 1. The van der Waals surface area contributed by atoms with Gasteiger partial charge in [0.15, 0.2) is 11.6 Å². The van der Waals surface area contributed by atoms with Crippen LogP contribution in [0.15, 0.2) is 54.6 Å². The number of rotatable bonds is 7. The van der Waals surface area contributed by atoms with E-state index in [9.17, 15) is 4.79 Å². The number of nitrogens with zero attached hydrogens (tertiary/aromatic N) is 5. The van der Waals surface area contributed by atoms with Crippen LogP contribution >= 0.6 is 0 Å². The molecule has 9 heteroatoms. The number of ketones is 1. The first-order valence-electron chi connectivity index (χ1n) is 10.3. The van der Waals surface area contributed by atoms with Crippen molar-refractivity contribution in [3.8, 4) is 0 Å². The first kappa shape index (κ1) is 25.9. The third-order valence-electron chi connectivity index (χ3n) is 5.03. The van der Waals surface area contributed by atoms with Gasteiger partial charge in [0.1, 0.15) is 0 Å². The van der Waals surface area contributed by atoms with Gasteiger partial charge in [-0.05, 0) is 11.6 Å². The SMILES string of the molecule is C1C[N-]C1.CC(c1cccc(C(=O)c2ccccc2)c1)c1nc(N([NH-])CCO)n(C)n1.[W+2]. The fourth-order valence-electron chi connectivity index (χ4n) is 3.03. The van der Waals surface area contributed by atoms with Gasteiger partial charge in [0.2, 0.25) is 5.95 Å². The van der Waals surface area contributed by atoms with Crippen LogP contribution in [0.3, 0.4) is 0 Å². The molecule has 32 heavy (non-hydrogen) atoms. The molecule has 0 amide bonds. The van der Waals surface area contributed by atoms with E-state index < -0.39 is 0 Å². The number of aliphatic hydroxyl groups excluding tert-OH is 1. The van der Waals surface area contributed by atoms with Crippen LogP contribution < -0.4 is 5.01 Å². The number of hydrogen-bond donors (Lipinski definition) is 1. The van der Waals surface area contributed by atoms with E-state index in [1.54, 1.807) is 25.2 Å². The van der Waals surface area contributed by atoms with Gasteiger partial charge in [-0.3, -0.25) is 4.79 Å². The maximum absolute atomic E-state index is 12.7. The first-order valence-corrected chi connectivity index (χ1v) is 10.3. The molecule has 8 nitrogen and oxygen atoms in total. The van der Waals surface area contributed by atoms with Crippen LogP contribution in [0.25, 0.3) is 11.2 Å². The molecule has 2 N–H and O–H groups in total. The number of aliphatic hydroxyl groups is 1. The van der Waals surface area contributed by atoms with Gasteiger partial charge in [-0.1, -0.05) is 61.9 Å². The number of benzene rings is 2. The third-order valence-corrected chi connectivity index (χ3v) is 5.03. The summed E-state index contributed by atoms with van der Waals surface area (Å²) >= 11 is 0. The molecule has 0 aliphatic carbocycles. The molecule has 1 aliphatic rings. The van der Waals surface area contributed by atoms with Crippen molar-refractivity contribution in [1.29, 1.82) is 0 Å². The Labute approximate surface area is 203 Å². The van der Waals surface area contributed by atoms with Crippen molar-refractivity contribution in [2.75, 3.05) is 31.3 Å². The molecule has 4 rings (SSSR count). The van der Waals surface area contributed by atoms with E-state index in [1.807, 2.05) is 43.3 Å². The largest absolute Gasteiger partial charge is 2.00 e. The molecule has 168 valence electrons. The summed E-state index contributed by atoms with van der Waals surface area (Å²) < 4.78 is 1.52. The minimum absolute atomic E-state index is 0. The van der Waals surface area contributed by atoms with Crippen LogP contribution in [0.5, 0.6) is 0 Å². The van der Waals surface area contributed by atoms with E-state index in [2.05, 4.69) is 15.4 Å². The molecule has 0 spiro atoms. The molecule has 0 bridgehead atoms. The number of anilines is 1. The Balaban J connectivity index is 0.000000654. The van der Waals surface area contributed by atoms with Gasteiger partial charge < -0.3 is 21.3 Å². The van der Waals surface area contributed by atoms with Gasteiger partial charge in [0.05, 0.1) is 6.61 Å². The van der Waals surface area contributed by atoms with Crippen molar-refractivity contribution >= 4 is 11.7 Å². The van der Waals surface area contributed by atoms with Gasteiger partial charge in [0.25, 0.3) is 0 Å². The van der Waals surface area contributed by atoms with Crippen molar-refractivity contribution < 1.29 is 31.0 Å². The van der Waals surface area contributed by atoms with Crippen molar-refractivity contribution in [2.24, 2.45) is 7.05 Å². The van der Waals surface area contributed by atoms with E-state index in [0.29, 0.717) is 22.9 Å². The fraction of sp³-hybridized carbons (Fsp3) is 0.348. The quantitative estimate of drug-likeness (QED) is 0.327. The second-order valence-electron chi connectivity index (χ2n) is 7.34. The molecule has 1 saturated heterocycles. The normalized spacial score (nSPS) is 13.1. The number of aromatic nitrogens is 3. The molecule has 0 saturated carbocycles. The average molecular weight is 604 g/mol. The molecule has 1 atom stereocenters. The minimum Gasteiger partial charge on any atom is -0.662 e. The van der Waals surface area contributed by atoms with E-state index in [0.717, 1.165) is 23.7 Å². The zero-order chi connectivity index (χ0) is 22.2. The molecule has 0 radical (unpaired) electrons. The van der Waals surface area contributed by atoms with Crippen molar-refractivity contribution in [2.45, 2.75) is 19.3 Å². The summed E-state index contributed by atoms with van der Waals surface area (Å²) in [6.45, 7) is 4.23. The van der Waals surface area contributed by atoms with Gasteiger partial charge >= 0.3 is 21.1 Å². The average Bonchev–Trinajstić information content (AvgIpc) is 3.14. The molecule has 3 aromatic rings. The predicted molar refractivity (Wildman–Crippen MR) is 121 cm³/mol. The fourth-order valence-corrected chi connectivity index (χ4v) is 3.03. The zero-order valence-corrected chi connectivity index (χ0v) is 21.2. The summed E-state index contributed by atoms with van der Waals surface area (Å²) in [7, 11) is 1.72. The number of carbonyl (C=O) groups excluding carboxylic acids is 1. The van der Waals surface area contributed by atoms with Crippen molar-refractivity contribution in [3.05, 3.63) is 88.3 Å². The van der Waals surface area contributed by atoms with Gasteiger partial charge in [-0.15, -0.1) is 0 Å². The molecule has 1 fully saturated rings. The number of aryl methyl sites for hydroxylation is 1. The summed E-state index contributed by atoms with van der Waals surface area (Å²) in [5, 5.41) is 18.4. The molecule has 2 aromatic carbocycles. The van der Waals surface area contributed by atoms with E-state index in [4.69, 9.17) is 10.9 Å². The monoisotopic (exact) mass is 604 g/mol. The van der Waals surface area contributed by atoms with Crippen molar-refractivity contribution in [1.82, 2.24) is 14.8 Å². The van der Waals surface area contributed by atoms with Gasteiger partial charge in [-0.25, -0.2) is 4.68 Å². The topological polar surface area (TPSA) is 109 Å². The van der Waals surface area contributed by atoms with Crippen LogP contribution in [0.1, 0.15) is 46.6 Å².